The highest BCUT2D eigenvalue weighted by atomic mass is 35.5. The number of rotatable bonds is 5. The third-order valence-electron chi connectivity index (χ3n) is 5.43. The van der Waals surface area contributed by atoms with Crippen LogP contribution in [0, 0.1) is 5.82 Å². The van der Waals surface area contributed by atoms with Gasteiger partial charge in [-0.2, -0.15) is 0 Å². The first kappa shape index (κ1) is 22.9. The summed E-state index contributed by atoms with van der Waals surface area (Å²) in [4.78, 5) is 18.7. The number of halogens is 2. The van der Waals surface area contributed by atoms with Gasteiger partial charge in [-0.05, 0) is 60.0 Å². The number of nitrogen functional groups attached to an aromatic ring is 1. The summed E-state index contributed by atoms with van der Waals surface area (Å²) in [6, 6.07) is 15.4. The lowest BCUT2D eigenvalue weighted by molar-refractivity contribution is -0.779. The van der Waals surface area contributed by atoms with E-state index in [1.54, 1.807) is 35.1 Å². The van der Waals surface area contributed by atoms with Gasteiger partial charge in [0.05, 0.1) is 11.4 Å². The molecule has 0 atom stereocenters. The topological polar surface area (TPSA) is 97.9 Å². The lowest BCUT2D eigenvalue weighted by Gasteiger charge is -2.09. The Kier molecular flexibility index (Phi) is 5.96. The molecule has 176 valence electrons. The molecule has 3 N–H and O–H groups in total. The molecule has 3 aromatic heterocycles. The highest BCUT2D eigenvalue weighted by Gasteiger charge is 2.24. The fourth-order valence-corrected chi connectivity index (χ4v) is 4.81. The van der Waals surface area contributed by atoms with E-state index in [9.17, 15) is 9.18 Å². The molecule has 0 aliphatic carbocycles. The van der Waals surface area contributed by atoms with Crippen LogP contribution in [0.25, 0.3) is 32.6 Å². The van der Waals surface area contributed by atoms with Crippen LogP contribution < -0.4 is 15.7 Å². The Hall–Kier alpha value is -3.82. The van der Waals surface area contributed by atoms with Crippen molar-refractivity contribution in [1.82, 2.24) is 10.3 Å². The molecule has 1 amide bonds. The summed E-state index contributed by atoms with van der Waals surface area (Å²) in [6.45, 7) is 3.88. The van der Waals surface area contributed by atoms with Crippen molar-refractivity contribution in [1.29, 1.82) is 0 Å². The van der Waals surface area contributed by atoms with E-state index in [4.69, 9.17) is 26.8 Å². The van der Waals surface area contributed by atoms with Crippen molar-refractivity contribution in [3.8, 4) is 22.4 Å². The largest absolute Gasteiger partial charge is 0.397 e. The minimum atomic E-state index is -0.448. The van der Waals surface area contributed by atoms with Gasteiger partial charge in [-0.25, -0.2) is 9.37 Å². The summed E-state index contributed by atoms with van der Waals surface area (Å²) in [6.07, 6.45) is 1.60. The molecule has 3 heterocycles. The second kappa shape index (κ2) is 9.09. The molecule has 10 heteroatoms. The molecular formula is C25H20ClFN5O2S+. The van der Waals surface area contributed by atoms with Gasteiger partial charge in [-0.15, -0.1) is 11.3 Å². The van der Waals surface area contributed by atoms with Crippen LogP contribution in [0.5, 0.6) is 0 Å². The van der Waals surface area contributed by atoms with E-state index in [1.807, 2.05) is 32.0 Å². The number of carbonyl (C=O) groups excluding carboxylic acids is 1. The van der Waals surface area contributed by atoms with E-state index in [0.29, 0.717) is 32.1 Å². The average molecular weight is 509 g/mol. The molecule has 7 nitrogen and oxygen atoms in total. The van der Waals surface area contributed by atoms with Gasteiger partial charge < -0.3 is 5.73 Å². The molecule has 0 bridgehead atoms. The first-order valence-electron chi connectivity index (χ1n) is 10.7. The highest BCUT2D eigenvalue weighted by Crippen LogP contribution is 2.41. The Morgan fingerprint density at radius 3 is 2.63 bits per heavy atom. The maximum Gasteiger partial charge on any atom is 0.302 e. The number of anilines is 2. The third-order valence-corrected chi connectivity index (χ3v) is 6.78. The standard InChI is InChI=1S/C25H19ClFN5O2S/c1-13(2)32-12-20(34-31-32)30-24(33)23-22(28)21-18(15-4-3-5-17(27)10-15)11-19(29-25(21)35-23)14-6-8-16(26)9-7-14/h3-13H,1-2H3,(H2-,28,30,31,33)/p+1. The summed E-state index contributed by atoms with van der Waals surface area (Å²) in [5, 5.41) is 7.76. The molecule has 0 aliphatic rings. The first-order chi connectivity index (χ1) is 16.8. The third kappa shape index (κ3) is 4.48. The Balaban J connectivity index is 1.64. The molecule has 0 fully saturated rings. The normalized spacial score (nSPS) is 11.3. The summed E-state index contributed by atoms with van der Waals surface area (Å²) in [5.74, 6) is -0.632. The summed E-state index contributed by atoms with van der Waals surface area (Å²) in [5.41, 5.74) is 9.50. The quantitative estimate of drug-likeness (QED) is 0.279. The number of nitrogens with zero attached hydrogens (tertiary/aromatic N) is 3. The molecule has 2 aromatic carbocycles. The molecule has 0 unspecified atom stereocenters. The van der Waals surface area contributed by atoms with E-state index < -0.39 is 5.91 Å². The number of nitrogens with one attached hydrogen (secondary N) is 1. The van der Waals surface area contributed by atoms with Crippen molar-refractivity contribution in [3.63, 3.8) is 0 Å². The zero-order chi connectivity index (χ0) is 24.7. The summed E-state index contributed by atoms with van der Waals surface area (Å²) in [7, 11) is 0. The minimum absolute atomic E-state index is 0.0723. The molecule has 0 saturated carbocycles. The lowest BCUT2D eigenvalue weighted by Crippen LogP contribution is -2.36. The van der Waals surface area contributed by atoms with E-state index >= 15 is 0 Å². The SMILES string of the molecule is CC(C)[n+]1cc(NC(=O)c2sc3nc(-c4ccc(Cl)cc4)cc(-c4cccc(F)c4)c3c2N)on1. The van der Waals surface area contributed by atoms with Crippen LogP contribution in [0.15, 0.2) is 65.3 Å². The molecule has 5 aromatic rings. The smallest absolute Gasteiger partial charge is 0.302 e. The number of thiophene rings is 1. The Labute approximate surface area is 208 Å². The van der Waals surface area contributed by atoms with Gasteiger partial charge in [0.2, 0.25) is 5.27 Å². The number of amides is 1. The van der Waals surface area contributed by atoms with E-state index in [-0.39, 0.29) is 28.3 Å². The molecule has 0 spiro atoms. The van der Waals surface area contributed by atoms with Crippen molar-refractivity contribution in [3.05, 3.63) is 76.5 Å². The van der Waals surface area contributed by atoms with Crippen molar-refractivity contribution in [2.45, 2.75) is 19.9 Å². The van der Waals surface area contributed by atoms with Gasteiger partial charge in [0, 0.05) is 16.0 Å². The van der Waals surface area contributed by atoms with Gasteiger partial charge >= 0.3 is 5.88 Å². The van der Waals surface area contributed by atoms with Crippen molar-refractivity contribution < 1.29 is 18.4 Å². The van der Waals surface area contributed by atoms with Gasteiger partial charge in [-0.1, -0.05) is 35.9 Å². The van der Waals surface area contributed by atoms with Crippen LogP contribution in [0.2, 0.25) is 5.02 Å². The van der Waals surface area contributed by atoms with Gasteiger partial charge in [-0.3, -0.25) is 14.6 Å². The number of hydrogen-bond donors (Lipinski definition) is 2. The second-order valence-electron chi connectivity index (χ2n) is 8.19. The van der Waals surface area contributed by atoms with Crippen molar-refractivity contribution in [2.75, 3.05) is 11.1 Å². The molecule has 5 rings (SSSR count). The monoisotopic (exact) mass is 508 g/mol. The van der Waals surface area contributed by atoms with Gasteiger partial charge in [0.25, 0.3) is 12.1 Å². The number of fused-ring (bicyclic) bond motifs is 1. The molecule has 0 saturated heterocycles. The minimum Gasteiger partial charge on any atom is -0.397 e. The Morgan fingerprint density at radius 2 is 1.94 bits per heavy atom. The maximum atomic E-state index is 14.1. The Bertz CT molecular complexity index is 1560. The molecule has 35 heavy (non-hydrogen) atoms. The zero-order valence-corrected chi connectivity index (χ0v) is 20.3. The number of hydrogen-bond acceptors (Lipinski definition) is 6. The zero-order valence-electron chi connectivity index (χ0n) is 18.8. The predicted molar refractivity (Wildman–Crippen MR) is 135 cm³/mol. The summed E-state index contributed by atoms with van der Waals surface area (Å²) >= 11 is 7.20. The number of carbonyl (C=O) groups is 1. The molecule has 0 radical (unpaired) electrons. The van der Waals surface area contributed by atoms with Crippen LogP contribution in [-0.2, 0) is 0 Å². The number of pyridine rings is 1. The van der Waals surface area contributed by atoms with Gasteiger partial charge in [0.1, 0.15) is 15.5 Å². The van der Waals surface area contributed by atoms with E-state index in [2.05, 4.69) is 10.6 Å². The molecule has 0 aliphatic heterocycles. The van der Waals surface area contributed by atoms with Gasteiger partial charge in [0.15, 0.2) is 6.04 Å². The van der Waals surface area contributed by atoms with Crippen molar-refractivity contribution >= 4 is 50.6 Å². The fraction of sp³-hybridized carbons (Fsp3) is 0.120. The number of nitrogens with two attached hydrogens (primary N) is 1. The number of aromatic nitrogens is 3. The highest BCUT2D eigenvalue weighted by molar-refractivity contribution is 7.21. The maximum absolute atomic E-state index is 14.1. The molecular weight excluding hydrogens is 489 g/mol. The number of benzene rings is 2. The summed E-state index contributed by atoms with van der Waals surface area (Å²) < 4.78 is 20.9. The van der Waals surface area contributed by atoms with E-state index in [0.717, 1.165) is 16.9 Å². The van der Waals surface area contributed by atoms with E-state index in [1.165, 1.54) is 12.1 Å². The van der Waals surface area contributed by atoms with Crippen LogP contribution in [0.4, 0.5) is 16.0 Å². The lowest BCUT2D eigenvalue weighted by atomic mass is 9.99. The Morgan fingerprint density at radius 1 is 1.17 bits per heavy atom. The average Bonchev–Trinajstić information content (AvgIpc) is 3.44. The van der Waals surface area contributed by atoms with Crippen LogP contribution in [0.1, 0.15) is 29.6 Å². The first-order valence-corrected chi connectivity index (χ1v) is 11.9. The van der Waals surface area contributed by atoms with Crippen LogP contribution in [0.3, 0.4) is 0 Å². The van der Waals surface area contributed by atoms with Crippen LogP contribution in [-0.4, -0.2) is 16.2 Å². The fourth-order valence-electron chi connectivity index (χ4n) is 3.67. The predicted octanol–water partition coefficient (Wildman–Crippen LogP) is 6.11. The van der Waals surface area contributed by atoms with Crippen LogP contribution >= 0.6 is 22.9 Å². The second-order valence-corrected chi connectivity index (χ2v) is 9.63. The van der Waals surface area contributed by atoms with Crippen molar-refractivity contribution in [2.24, 2.45) is 0 Å².